The maximum absolute atomic E-state index is 10.6. The van der Waals surface area contributed by atoms with E-state index >= 15 is 0 Å². The SMILES string of the molecule is Cc1cc(OC(C)CCC(=O)O)ccc1[N+](=O)[O-]. The van der Waals surface area contributed by atoms with Crippen molar-refractivity contribution in [1.29, 1.82) is 0 Å². The van der Waals surface area contributed by atoms with Crippen molar-refractivity contribution in [3.63, 3.8) is 0 Å². The first-order chi connectivity index (χ1) is 8.40. The molecule has 0 aliphatic rings. The monoisotopic (exact) mass is 253 g/mol. The van der Waals surface area contributed by atoms with Crippen LogP contribution in [0.4, 0.5) is 5.69 Å². The van der Waals surface area contributed by atoms with Crippen LogP contribution in [-0.4, -0.2) is 22.1 Å². The minimum atomic E-state index is -0.870. The number of benzene rings is 1. The van der Waals surface area contributed by atoms with E-state index in [9.17, 15) is 14.9 Å². The molecule has 0 bridgehead atoms. The van der Waals surface area contributed by atoms with Gasteiger partial charge in [0.1, 0.15) is 5.75 Å². The molecular formula is C12H15NO5. The lowest BCUT2D eigenvalue weighted by Gasteiger charge is -2.14. The van der Waals surface area contributed by atoms with Gasteiger partial charge >= 0.3 is 5.97 Å². The van der Waals surface area contributed by atoms with E-state index in [-0.39, 0.29) is 18.2 Å². The minimum Gasteiger partial charge on any atom is -0.491 e. The molecule has 0 radical (unpaired) electrons. The molecule has 1 rings (SSSR count). The highest BCUT2D eigenvalue weighted by atomic mass is 16.6. The molecule has 1 unspecified atom stereocenters. The van der Waals surface area contributed by atoms with Crippen LogP contribution in [0.1, 0.15) is 25.3 Å². The Hall–Kier alpha value is -2.11. The predicted octanol–water partition coefficient (Wildman–Crippen LogP) is 2.54. The number of rotatable bonds is 6. The second-order valence-electron chi connectivity index (χ2n) is 4.07. The second-order valence-corrected chi connectivity index (χ2v) is 4.07. The van der Waals surface area contributed by atoms with Crippen molar-refractivity contribution < 1.29 is 19.6 Å². The van der Waals surface area contributed by atoms with E-state index in [1.807, 2.05) is 0 Å². The Kier molecular flexibility index (Phi) is 4.65. The molecule has 0 aliphatic heterocycles. The van der Waals surface area contributed by atoms with Crippen LogP contribution in [0.5, 0.6) is 5.75 Å². The summed E-state index contributed by atoms with van der Waals surface area (Å²) in [6.45, 7) is 3.40. The van der Waals surface area contributed by atoms with E-state index < -0.39 is 10.9 Å². The van der Waals surface area contributed by atoms with Crippen molar-refractivity contribution in [2.24, 2.45) is 0 Å². The summed E-state index contributed by atoms with van der Waals surface area (Å²) in [5, 5.41) is 19.2. The van der Waals surface area contributed by atoms with Crippen LogP contribution >= 0.6 is 0 Å². The molecule has 0 saturated carbocycles. The van der Waals surface area contributed by atoms with Crippen molar-refractivity contribution in [2.45, 2.75) is 32.8 Å². The first kappa shape index (κ1) is 14.0. The lowest BCUT2D eigenvalue weighted by atomic mass is 10.2. The topological polar surface area (TPSA) is 89.7 Å². The summed E-state index contributed by atoms with van der Waals surface area (Å²) in [7, 11) is 0. The van der Waals surface area contributed by atoms with E-state index in [1.54, 1.807) is 19.9 Å². The number of carboxylic acid groups (broad SMARTS) is 1. The van der Waals surface area contributed by atoms with Gasteiger partial charge < -0.3 is 9.84 Å². The third kappa shape index (κ3) is 4.04. The molecule has 1 atom stereocenters. The first-order valence-electron chi connectivity index (χ1n) is 5.53. The molecule has 0 spiro atoms. The van der Waals surface area contributed by atoms with Gasteiger partial charge in [0.05, 0.1) is 11.0 Å². The third-order valence-corrected chi connectivity index (χ3v) is 2.47. The fraction of sp³-hybridized carbons (Fsp3) is 0.417. The number of aliphatic carboxylic acids is 1. The number of nitrogens with zero attached hydrogens (tertiary/aromatic N) is 1. The Morgan fingerprint density at radius 2 is 2.22 bits per heavy atom. The molecule has 98 valence electrons. The van der Waals surface area contributed by atoms with Crippen LogP contribution in [0, 0.1) is 17.0 Å². The molecular weight excluding hydrogens is 238 g/mol. The van der Waals surface area contributed by atoms with Gasteiger partial charge in [-0.05, 0) is 32.4 Å². The maximum Gasteiger partial charge on any atom is 0.303 e. The number of aryl methyl sites for hydroxylation is 1. The molecule has 0 heterocycles. The van der Waals surface area contributed by atoms with E-state index in [1.165, 1.54) is 12.1 Å². The third-order valence-electron chi connectivity index (χ3n) is 2.47. The van der Waals surface area contributed by atoms with Crippen molar-refractivity contribution in [3.8, 4) is 5.75 Å². The lowest BCUT2D eigenvalue weighted by molar-refractivity contribution is -0.385. The van der Waals surface area contributed by atoms with Gasteiger partial charge in [0, 0.05) is 18.1 Å². The Labute approximate surface area is 104 Å². The summed E-state index contributed by atoms with van der Waals surface area (Å²) in [5.41, 5.74) is 0.559. The van der Waals surface area contributed by atoms with Crippen molar-refractivity contribution in [2.75, 3.05) is 0 Å². The Bertz CT molecular complexity index is 458. The molecule has 1 N–H and O–H groups in total. The molecule has 0 aromatic heterocycles. The van der Waals surface area contributed by atoms with E-state index in [0.717, 1.165) is 0 Å². The summed E-state index contributed by atoms with van der Waals surface area (Å²) in [5.74, 6) is -0.360. The van der Waals surface area contributed by atoms with Crippen LogP contribution in [-0.2, 0) is 4.79 Å². The predicted molar refractivity (Wildman–Crippen MR) is 64.8 cm³/mol. The van der Waals surface area contributed by atoms with Crippen LogP contribution in [0.2, 0.25) is 0 Å². The van der Waals surface area contributed by atoms with Crippen LogP contribution in [0.3, 0.4) is 0 Å². The molecule has 0 amide bonds. The molecule has 1 aromatic rings. The number of hydrogen-bond acceptors (Lipinski definition) is 4. The van der Waals surface area contributed by atoms with E-state index in [0.29, 0.717) is 17.7 Å². The molecule has 6 nitrogen and oxygen atoms in total. The largest absolute Gasteiger partial charge is 0.491 e. The van der Waals surface area contributed by atoms with Gasteiger partial charge in [-0.25, -0.2) is 0 Å². The minimum absolute atomic E-state index is 0.0349. The van der Waals surface area contributed by atoms with Crippen molar-refractivity contribution in [3.05, 3.63) is 33.9 Å². The highest BCUT2D eigenvalue weighted by Crippen LogP contribution is 2.24. The molecule has 1 aromatic carbocycles. The molecule has 0 fully saturated rings. The Morgan fingerprint density at radius 3 is 2.72 bits per heavy atom. The number of nitro benzene ring substituents is 1. The normalized spacial score (nSPS) is 11.9. The summed E-state index contributed by atoms with van der Waals surface area (Å²) in [6, 6.07) is 4.48. The molecule has 6 heteroatoms. The summed E-state index contributed by atoms with van der Waals surface area (Å²) < 4.78 is 5.49. The molecule has 0 aliphatic carbocycles. The maximum atomic E-state index is 10.6. The number of ether oxygens (including phenoxy) is 1. The number of nitro groups is 1. The van der Waals surface area contributed by atoms with E-state index in [4.69, 9.17) is 9.84 Å². The van der Waals surface area contributed by atoms with Gasteiger partial charge in [-0.15, -0.1) is 0 Å². The fourth-order valence-corrected chi connectivity index (χ4v) is 1.52. The number of hydrogen-bond donors (Lipinski definition) is 1. The first-order valence-corrected chi connectivity index (χ1v) is 5.53. The molecule has 18 heavy (non-hydrogen) atoms. The number of carboxylic acids is 1. The summed E-state index contributed by atoms with van der Waals surface area (Å²) in [6.07, 6.45) is 0.181. The second kappa shape index (κ2) is 6.00. The van der Waals surface area contributed by atoms with Gasteiger partial charge in [-0.2, -0.15) is 0 Å². The quantitative estimate of drug-likeness (QED) is 0.621. The van der Waals surface area contributed by atoms with Gasteiger partial charge in [-0.1, -0.05) is 0 Å². The van der Waals surface area contributed by atoms with Gasteiger partial charge in [0.15, 0.2) is 0 Å². The van der Waals surface area contributed by atoms with Crippen molar-refractivity contribution in [1.82, 2.24) is 0 Å². The average Bonchev–Trinajstić information content (AvgIpc) is 2.26. The Morgan fingerprint density at radius 1 is 1.56 bits per heavy atom. The lowest BCUT2D eigenvalue weighted by Crippen LogP contribution is -2.13. The summed E-state index contributed by atoms with van der Waals surface area (Å²) >= 11 is 0. The van der Waals surface area contributed by atoms with Crippen LogP contribution < -0.4 is 4.74 Å². The zero-order chi connectivity index (χ0) is 13.7. The van der Waals surface area contributed by atoms with Crippen molar-refractivity contribution >= 4 is 11.7 Å². The zero-order valence-corrected chi connectivity index (χ0v) is 10.3. The average molecular weight is 253 g/mol. The highest BCUT2D eigenvalue weighted by molar-refractivity contribution is 5.66. The van der Waals surface area contributed by atoms with Crippen LogP contribution in [0.25, 0.3) is 0 Å². The van der Waals surface area contributed by atoms with Gasteiger partial charge in [0.2, 0.25) is 0 Å². The van der Waals surface area contributed by atoms with Crippen LogP contribution in [0.15, 0.2) is 18.2 Å². The van der Waals surface area contributed by atoms with Gasteiger partial charge in [-0.3, -0.25) is 14.9 Å². The Balaban J connectivity index is 2.65. The standard InChI is InChI=1S/C12H15NO5/c1-8-7-10(4-5-11(8)13(16)17)18-9(2)3-6-12(14)15/h4-5,7,9H,3,6H2,1-2H3,(H,14,15). The smallest absolute Gasteiger partial charge is 0.303 e. The fourth-order valence-electron chi connectivity index (χ4n) is 1.52. The summed E-state index contributed by atoms with van der Waals surface area (Å²) in [4.78, 5) is 20.6. The zero-order valence-electron chi connectivity index (χ0n) is 10.3. The van der Waals surface area contributed by atoms with E-state index in [2.05, 4.69) is 0 Å². The van der Waals surface area contributed by atoms with Gasteiger partial charge in [0.25, 0.3) is 5.69 Å². The highest BCUT2D eigenvalue weighted by Gasteiger charge is 2.12. The molecule has 0 saturated heterocycles. The number of carbonyl (C=O) groups is 1.